The Labute approximate surface area is 181 Å². The van der Waals surface area contributed by atoms with Crippen molar-refractivity contribution in [3.63, 3.8) is 0 Å². The number of hydrogen-bond acceptors (Lipinski definition) is 4. The first-order valence-electron chi connectivity index (χ1n) is 10.0. The Morgan fingerprint density at radius 3 is 2.26 bits per heavy atom. The maximum absolute atomic E-state index is 13.2. The molecular weight excluding hydrogens is 390 g/mol. The number of anilines is 1. The molecule has 1 saturated heterocycles. The van der Waals surface area contributed by atoms with Crippen molar-refractivity contribution in [2.45, 2.75) is 19.9 Å². The van der Waals surface area contributed by atoms with Gasteiger partial charge in [0, 0.05) is 16.8 Å². The third kappa shape index (κ3) is 3.48. The van der Waals surface area contributed by atoms with Crippen LogP contribution < -0.4 is 9.64 Å². The van der Waals surface area contributed by atoms with Gasteiger partial charge in [-0.1, -0.05) is 54.6 Å². The first-order valence-corrected chi connectivity index (χ1v) is 10.0. The lowest BCUT2D eigenvalue weighted by Crippen LogP contribution is -2.29. The van der Waals surface area contributed by atoms with Gasteiger partial charge in [-0.3, -0.25) is 14.5 Å². The second kappa shape index (κ2) is 8.11. The maximum Gasteiger partial charge on any atom is 0.300 e. The lowest BCUT2D eigenvalue weighted by Gasteiger charge is -2.27. The summed E-state index contributed by atoms with van der Waals surface area (Å²) >= 11 is 0. The van der Waals surface area contributed by atoms with Gasteiger partial charge >= 0.3 is 0 Å². The molecule has 3 aromatic rings. The zero-order valence-corrected chi connectivity index (χ0v) is 17.6. The standard InChI is InChI=1S/C26H23NO4/c1-16-13-14-19(15-17(16)2)27-23(20-11-7-8-12-21(20)31-3)22(25(29)26(27)30)24(28)18-9-5-4-6-10-18/h4-15,23,28H,1-3H3/b24-22+. The minimum absolute atomic E-state index is 0.0407. The van der Waals surface area contributed by atoms with Crippen molar-refractivity contribution in [2.24, 2.45) is 0 Å². The van der Waals surface area contributed by atoms with E-state index in [9.17, 15) is 14.7 Å². The highest BCUT2D eigenvalue weighted by molar-refractivity contribution is 6.51. The molecule has 0 radical (unpaired) electrons. The third-order valence-corrected chi connectivity index (χ3v) is 5.69. The number of aryl methyl sites for hydroxylation is 2. The second-order valence-corrected chi connectivity index (χ2v) is 7.55. The number of nitrogens with zero attached hydrogens (tertiary/aromatic N) is 1. The number of ether oxygens (including phenoxy) is 1. The SMILES string of the molecule is COc1ccccc1C1/C(=C(\O)c2ccccc2)C(=O)C(=O)N1c1ccc(C)c(C)c1. The molecular formula is C26H23NO4. The van der Waals surface area contributed by atoms with Gasteiger partial charge in [0.2, 0.25) is 0 Å². The lowest BCUT2D eigenvalue weighted by atomic mass is 9.94. The van der Waals surface area contributed by atoms with Crippen LogP contribution in [0.25, 0.3) is 5.76 Å². The Kier molecular flexibility index (Phi) is 5.34. The van der Waals surface area contributed by atoms with Crippen LogP contribution in [0.15, 0.2) is 78.4 Å². The van der Waals surface area contributed by atoms with Crippen LogP contribution in [0, 0.1) is 13.8 Å². The van der Waals surface area contributed by atoms with Crippen LogP contribution in [0.3, 0.4) is 0 Å². The Morgan fingerprint density at radius 1 is 0.903 bits per heavy atom. The highest BCUT2D eigenvalue weighted by Gasteiger charge is 2.47. The smallest absolute Gasteiger partial charge is 0.300 e. The molecule has 0 aromatic heterocycles. The monoisotopic (exact) mass is 413 g/mol. The van der Waals surface area contributed by atoms with E-state index in [2.05, 4.69) is 0 Å². The van der Waals surface area contributed by atoms with Crippen LogP contribution in [0.4, 0.5) is 5.69 Å². The van der Waals surface area contributed by atoms with Crippen molar-refractivity contribution in [1.29, 1.82) is 0 Å². The largest absolute Gasteiger partial charge is 0.507 e. The van der Waals surface area contributed by atoms with E-state index >= 15 is 0 Å². The van der Waals surface area contributed by atoms with E-state index in [4.69, 9.17) is 4.74 Å². The molecule has 5 heteroatoms. The van der Waals surface area contributed by atoms with Crippen molar-refractivity contribution < 1.29 is 19.4 Å². The number of aliphatic hydroxyl groups is 1. The number of aliphatic hydroxyl groups excluding tert-OH is 1. The topological polar surface area (TPSA) is 66.8 Å². The van der Waals surface area contributed by atoms with Gasteiger partial charge in [-0.05, 0) is 43.2 Å². The molecule has 3 aromatic carbocycles. The first kappa shape index (κ1) is 20.4. The van der Waals surface area contributed by atoms with Gasteiger partial charge in [-0.2, -0.15) is 0 Å². The zero-order chi connectivity index (χ0) is 22.1. The fourth-order valence-corrected chi connectivity index (χ4v) is 3.91. The van der Waals surface area contributed by atoms with Gasteiger partial charge in [0.1, 0.15) is 11.5 Å². The molecule has 0 saturated carbocycles. The summed E-state index contributed by atoms with van der Waals surface area (Å²) in [4.78, 5) is 27.9. The number of para-hydroxylation sites is 1. The molecule has 1 N–H and O–H groups in total. The summed E-state index contributed by atoms with van der Waals surface area (Å²) < 4.78 is 5.54. The van der Waals surface area contributed by atoms with Crippen molar-refractivity contribution in [3.8, 4) is 5.75 Å². The third-order valence-electron chi connectivity index (χ3n) is 5.69. The van der Waals surface area contributed by atoms with E-state index in [1.807, 2.05) is 56.3 Å². The van der Waals surface area contributed by atoms with Crippen LogP contribution in [-0.2, 0) is 9.59 Å². The molecule has 1 fully saturated rings. The molecule has 1 aliphatic heterocycles. The molecule has 1 heterocycles. The summed E-state index contributed by atoms with van der Waals surface area (Å²) in [5, 5.41) is 11.1. The number of methoxy groups -OCH3 is 1. The van der Waals surface area contributed by atoms with Gasteiger partial charge in [0.05, 0.1) is 18.7 Å². The number of ketones is 1. The highest BCUT2D eigenvalue weighted by Crippen LogP contribution is 2.45. The number of hydrogen-bond donors (Lipinski definition) is 1. The summed E-state index contributed by atoms with van der Waals surface area (Å²) in [6.07, 6.45) is 0. The van der Waals surface area contributed by atoms with E-state index in [1.165, 1.54) is 12.0 Å². The predicted molar refractivity (Wildman–Crippen MR) is 120 cm³/mol. The number of Topliss-reactive ketones (excluding diaryl/α,β-unsaturated/α-hetero) is 1. The molecule has 0 aliphatic carbocycles. The number of carbonyl (C=O) groups is 2. The summed E-state index contributed by atoms with van der Waals surface area (Å²) in [5.41, 5.74) is 3.81. The minimum atomic E-state index is -0.821. The summed E-state index contributed by atoms with van der Waals surface area (Å²) in [5.74, 6) is -1.09. The molecule has 31 heavy (non-hydrogen) atoms. The molecule has 1 unspecified atom stereocenters. The van der Waals surface area contributed by atoms with Crippen molar-refractivity contribution in [3.05, 3.63) is 101 Å². The van der Waals surface area contributed by atoms with Crippen molar-refractivity contribution in [1.82, 2.24) is 0 Å². The molecule has 156 valence electrons. The van der Waals surface area contributed by atoms with Crippen molar-refractivity contribution in [2.75, 3.05) is 12.0 Å². The number of rotatable bonds is 4. The van der Waals surface area contributed by atoms with Crippen LogP contribution in [-0.4, -0.2) is 23.9 Å². The summed E-state index contributed by atoms with van der Waals surface area (Å²) in [6, 6.07) is 20.8. The number of benzene rings is 3. The predicted octanol–water partition coefficient (Wildman–Crippen LogP) is 4.94. The van der Waals surface area contributed by atoms with Gasteiger partial charge in [-0.25, -0.2) is 0 Å². The van der Waals surface area contributed by atoms with Gasteiger partial charge < -0.3 is 9.84 Å². The Morgan fingerprint density at radius 2 is 1.58 bits per heavy atom. The van der Waals surface area contributed by atoms with E-state index in [0.29, 0.717) is 22.6 Å². The molecule has 1 aliphatic rings. The van der Waals surface area contributed by atoms with Gasteiger partial charge in [0.25, 0.3) is 11.7 Å². The van der Waals surface area contributed by atoms with E-state index in [0.717, 1.165) is 11.1 Å². The van der Waals surface area contributed by atoms with Crippen LogP contribution in [0.2, 0.25) is 0 Å². The van der Waals surface area contributed by atoms with Gasteiger partial charge in [0.15, 0.2) is 0 Å². The van der Waals surface area contributed by atoms with E-state index in [-0.39, 0.29) is 11.3 Å². The van der Waals surface area contributed by atoms with Gasteiger partial charge in [-0.15, -0.1) is 0 Å². The average molecular weight is 413 g/mol. The van der Waals surface area contributed by atoms with Crippen LogP contribution in [0.5, 0.6) is 5.75 Å². The quantitative estimate of drug-likeness (QED) is 0.374. The Hall–Kier alpha value is -3.86. The molecule has 5 nitrogen and oxygen atoms in total. The fourth-order valence-electron chi connectivity index (χ4n) is 3.91. The second-order valence-electron chi connectivity index (χ2n) is 7.55. The van der Waals surface area contributed by atoms with E-state index in [1.54, 1.807) is 30.3 Å². The van der Waals surface area contributed by atoms with Crippen LogP contribution >= 0.6 is 0 Å². The Balaban J connectivity index is 2.00. The molecule has 1 amide bonds. The maximum atomic E-state index is 13.2. The summed E-state index contributed by atoms with van der Waals surface area (Å²) in [6.45, 7) is 3.94. The number of carbonyl (C=O) groups excluding carboxylic acids is 2. The lowest BCUT2D eigenvalue weighted by molar-refractivity contribution is -0.132. The zero-order valence-electron chi connectivity index (χ0n) is 17.6. The minimum Gasteiger partial charge on any atom is -0.507 e. The first-order chi connectivity index (χ1) is 14.9. The number of amides is 1. The molecule has 0 bridgehead atoms. The van der Waals surface area contributed by atoms with Crippen LogP contribution in [0.1, 0.15) is 28.3 Å². The fraction of sp³-hybridized carbons (Fsp3) is 0.154. The molecule has 0 spiro atoms. The molecule has 1 atom stereocenters. The normalized spacial score (nSPS) is 17.8. The average Bonchev–Trinajstić information content (AvgIpc) is 3.06. The Bertz CT molecular complexity index is 1200. The van der Waals surface area contributed by atoms with Crippen molar-refractivity contribution >= 4 is 23.1 Å². The van der Waals surface area contributed by atoms with E-state index < -0.39 is 17.7 Å². The highest BCUT2D eigenvalue weighted by atomic mass is 16.5. The molecule has 4 rings (SSSR count). The summed E-state index contributed by atoms with van der Waals surface area (Å²) in [7, 11) is 1.54.